The number of β-lactam (4-membered cyclic amide) rings is 1. The molecule has 2 atom stereocenters. The minimum atomic E-state index is -0.941. The van der Waals surface area contributed by atoms with E-state index in [-0.39, 0.29) is 16.8 Å². The van der Waals surface area contributed by atoms with Gasteiger partial charge in [0.25, 0.3) is 0 Å². The summed E-state index contributed by atoms with van der Waals surface area (Å²) in [5, 5.41) is 20.1. The lowest BCUT2D eigenvalue weighted by Gasteiger charge is -2.40. The maximum atomic E-state index is 12.1. The van der Waals surface area contributed by atoms with Crippen LogP contribution in [0.2, 0.25) is 0 Å². The van der Waals surface area contributed by atoms with E-state index in [9.17, 15) is 14.7 Å². The van der Waals surface area contributed by atoms with Crippen molar-refractivity contribution in [2.45, 2.75) is 70.4 Å². The van der Waals surface area contributed by atoms with Gasteiger partial charge in [0, 0.05) is 18.2 Å². The molecule has 2 N–H and O–H groups in total. The van der Waals surface area contributed by atoms with Crippen molar-refractivity contribution in [3.05, 3.63) is 45.9 Å². The lowest BCUT2D eigenvalue weighted by Crippen LogP contribution is -2.52. The molecule has 156 valence electrons. The second-order valence-corrected chi connectivity index (χ2v) is 8.66. The topological polar surface area (TPSA) is 90.7 Å². The van der Waals surface area contributed by atoms with Crippen LogP contribution in [0.1, 0.15) is 78.2 Å². The normalized spacial score (nSPS) is 17.2. The molecule has 1 aliphatic rings. The van der Waals surface area contributed by atoms with Gasteiger partial charge in [0.2, 0.25) is 5.91 Å². The molecule has 3 rings (SSSR count). The number of unbranched alkanes of at least 4 members (excludes halogenated alkanes) is 2. The van der Waals surface area contributed by atoms with Gasteiger partial charge in [0.05, 0.1) is 17.3 Å². The Morgan fingerprint density at radius 3 is 2.66 bits per heavy atom. The van der Waals surface area contributed by atoms with Crippen LogP contribution in [0.15, 0.2) is 30.5 Å². The predicted molar refractivity (Wildman–Crippen MR) is 113 cm³/mol. The summed E-state index contributed by atoms with van der Waals surface area (Å²) in [4.78, 5) is 29.3. The van der Waals surface area contributed by atoms with E-state index in [0.29, 0.717) is 6.42 Å². The number of amides is 1. The van der Waals surface area contributed by atoms with Gasteiger partial charge in [-0.1, -0.05) is 38.3 Å². The number of carboxylic acids is 1. The maximum Gasteiger partial charge on any atom is 0.347 e. The number of anilines is 1. The third kappa shape index (κ3) is 5.42. The molecule has 0 saturated carbocycles. The molecule has 0 bridgehead atoms. The van der Waals surface area contributed by atoms with Gasteiger partial charge in [0.15, 0.2) is 0 Å². The minimum absolute atomic E-state index is 0.119. The number of nitrogens with zero attached hydrogens (tertiary/aromatic N) is 2. The summed E-state index contributed by atoms with van der Waals surface area (Å²) in [6.45, 7) is 2.14. The summed E-state index contributed by atoms with van der Waals surface area (Å²) in [5.74, 6) is -0.822. The Balaban J connectivity index is 1.51. The third-order valence-electron chi connectivity index (χ3n) is 5.37. The summed E-state index contributed by atoms with van der Waals surface area (Å²) >= 11 is 1.21. The second-order valence-electron chi connectivity index (χ2n) is 7.54. The van der Waals surface area contributed by atoms with Crippen LogP contribution < -0.4 is 4.90 Å². The first kappa shape index (κ1) is 21.5. The minimum Gasteiger partial charge on any atom is -0.477 e. The van der Waals surface area contributed by atoms with Gasteiger partial charge >= 0.3 is 5.97 Å². The highest BCUT2D eigenvalue weighted by molar-refractivity contribution is 7.13. The molecule has 1 aromatic carbocycles. The molecule has 1 amide bonds. The zero-order valence-corrected chi connectivity index (χ0v) is 17.5. The first-order valence-corrected chi connectivity index (χ1v) is 11.1. The number of thiazole rings is 1. The Morgan fingerprint density at radius 2 is 2.03 bits per heavy atom. The molecular formula is C22H28N2O4S. The number of hydrogen-bond donors (Lipinski definition) is 2. The fourth-order valence-corrected chi connectivity index (χ4v) is 4.49. The molecule has 0 radical (unpaired) electrons. The van der Waals surface area contributed by atoms with Crippen molar-refractivity contribution in [3.8, 4) is 0 Å². The molecule has 2 aromatic rings. The maximum absolute atomic E-state index is 12.1. The van der Waals surface area contributed by atoms with Crippen LogP contribution in [0.3, 0.4) is 0 Å². The van der Waals surface area contributed by atoms with Crippen molar-refractivity contribution in [1.29, 1.82) is 0 Å². The molecule has 6 nitrogen and oxygen atoms in total. The number of aliphatic hydroxyl groups excluding tert-OH is 1. The Labute approximate surface area is 175 Å². The van der Waals surface area contributed by atoms with Crippen LogP contribution in [0.25, 0.3) is 0 Å². The van der Waals surface area contributed by atoms with E-state index in [4.69, 9.17) is 5.11 Å². The fourth-order valence-electron chi connectivity index (χ4n) is 3.69. The van der Waals surface area contributed by atoms with Gasteiger partial charge in [-0.2, -0.15) is 0 Å². The van der Waals surface area contributed by atoms with Gasteiger partial charge in [-0.3, -0.25) is 4.79 Å². The van der Waals surface area contributed by atoms with Crippen molar-refractivity contribution in [2.75, 3.05) is 4.90 Å². The van der Waals surface area contributed by atoms with E-state index in [0.717, 1.165) is 61.2 Å². The molecule has 2 heterocycles. The molecule has 1 unspecified atom stereocenters. The lowest BCUT2D eigenvalue weighted by atomic mass is 9.94. The highest BCUT2D eigenvalue weighted by Gasteiger charge is 2.36. The highest BCUT2D eigenvalue weighted by atomic mass is 32.1. The van der Waals surface area contributed by atoms with Crippen molar-refractivity contribution in [2.24, 2.45) is 0 Å². The summed E-state index contributed by atoms with van der Waals surface area (Å²) in [6, 6.07) is 7.83. The van der Waals surface area contributed by atoms with E-state index in [2.05, 4.69) is 11.9 Å². The van der Waals surface area contributed by atoms with Crippen LogP contribution in [-0.2, 0) is 11.2 Å². The second kappa shape index (κ2) is 9.98. The summed E-state index contributed by atoms with van der Waals surface area (Å²) < 4.78 is 0. The molecule has 0 aliphatic carbocycles. The average molecular weight is 417 g/mol. The summed E-state index contributed by atoms with van der Waals surface area (Å²) in [6.07, 6.45) is 7.96. The Kier molecular flexibility index (Phi) is 7.39. The summed E-state index contributed by atoms with van der Waals surface area (Å²) in [7, 11) is 0. The quantitative estimate of drug-likeness (QED) is 0.413. The smallest absolute Gasteiger partial charge is 0.347 e. The van der Waals surface area contributed by atoms with Crippen LogP contribution in [0.5, 0.6) is 0 Å². The number of aryl methyl sites for hydroxylation is 1. The molecule has 0 spiro atoms. The van der Waals surface area contributed by atoms with E-state index in [1.807, 2.05) is 29.2 Å². The first-order chi connectivity index (χ1) is 14.0. The Morgan fingerprint density at radius 1 is 1.28 bits per heavy atom. The molecular weight excluding hydrogens is 388 g/mol. The number of carbonyl (C=O) groups excluding carboxylic acids is 1. The number of carbonyl (C=O) groups is 2. The molecule has 7 heteroatoms. The Bertz CT molecular complexity index is 834. The van der Waals surface area contributed by atoms with Crippen LogP contribution in [0, 0.1) is 0 Å². The number of aliphatic hydroxyl groups is 1. The Hall–Kier alpha value is -2.25. The zero-order chi connectivity index (χ0) is 20.8. The van der Waals surface area contributed by atoms with E-state index in [1.54, 1.807) is 0 Å². The number of benzene rings is 1. The number of aromatic nitrogens is 1. The molecule has 29 heavy (non-hydrogen) atoms. The van der Waals surface area contributed by atoms with Gasteiger partial charge in [-0.25, -0.2) is 9.78 Å². The number of rotatable bonds is 11. The first-order valence-electron chi connectivity index (χ1n) is 10.3. The van der Waals surface area contributed by atoms with Crippen LogP contribution in [-0.4, -0.2) is 33.1 Å². The molecule has 1 aromatic heterocycles. The molecule has 1 fully saturated rings. The third-order valence-corrected chi connectivity index (χ3v) is 6.42. The van der Waals surface area contributed by atoms with Crippen LogP contribution >= 0.6 is 11.3 Å². The van der Waals surface area contributed by atoms with Crippen molar-refractivity contribution in [1.82, 2.24) is 4.98 Å². The van der Waals surface area contributed by atoms with Crippen molar-refractivity contribution in [3.63, 3.8) is 0 Å². The van der Waals surface area contributed by atoms with E-state index in [1.165, 1.54) is 17.5 Å². The standard InChI is InChI=1S/C22H28N2O4S/c1-2-3-4-7-18(25)15-9-11-16(12-10-15)24-17(13-21(24)26)6-5-8-20-23-14-19(29-20)22(27)28/h9-12,14,17-18,25H,2-8,13H2,1H3,(H,27,28)/t17-,18?/m0/s1. The van der Waals surface area contributed by atoms with Crippen molar-refractivity contribution >= 4 is 28.9 Å². The number of aromatic carboxylic acids is 1. The number of hydrogen-bond acceptors (Lipinski definition) is 5. The SMILES string of the molecule is CCCCCC(O)c1ccc(N2C(=O)C[C@@H]2CCCc2ncc(C(=O)O)s2)cc1. The fraction of sp³-hybridized carbons (Fsp3) is 0.500. The largest absolute Gasteiger partial charge is 0.477 e. The highest BCUT2D eigenvalue weighted by Crippen LogP contribution is 2.32. The number of carboxylic acid groups (broad SMARTS) is 1. The predicted octanol–water partition coefficient (Wildman–Crippen LogP) is 4.58. The van der Waals surface area contributed by atoms with Gasteiger partial charge in [-0.05, 0) is 43.4 Å². The van der Waals surface area contributed by atoms with Gasteiger partial charge in [0.1, 0.15) is 4.88 Å². The van der Waals surface area contributed by atoms with Gasteiger partial charge < -0.3 is 15.1 Å². The van der Waals surface area contributed by atoms with E-state index < -0.39 is 12.1 Å². The lowest BCUT2D eigenvalue weighted by molar-refractivity contribution is -0.124. The monoisotopic (exact) mass is 416 g/mol. The zero-order valence-electron chi connectivity index (χ0n) is 16.7. The van der Waals surface area contributed by atoms with E-state index >= 15 is 0 Å². The summed E-state index contributed by atoms with van der Waals surface area (Å²) in [5.41, 5.74) is 1.77. The van der Waals surface area contributed by atoms with Gasteiger partial charge in [-0.15, -0.1) is 11.3 Å². The molecule has 1 aliphatic heterocycles. The molecule has 1 saturated heterocycles. The van der Waals surface area contributed by atoms with Crippen LogP contribution in [0.4, 0.5) is 5.69 Å². The van der Waals surface area contributed by atoms with Crippen molar-refractivity contribution < 1.29 is 19.8 Å². The average Bonchev–Trinajstić information content (AvgIpc) is 3.17.